The highest BCUT2D eigenvalue weighted by Gasteiger charge is 2.13. The summed E-state index contributed by atoms with van der Waals surface area (Å²) in [5.41, 5.74) is 0. The van der Waals surface area contributed by atoms with Crippen molar-refractivity contribution in [3.8, 4) is 0 Å². The van der Waals surface area contributed by atoms with E-state index in [0.29, 0.717) is 5.92 Å². The number of hydrogen-bond donors (Lipinski definition) is 2. The maximum absolute atomic E-state index is 8.95. The SMILES string of the molecule is CCC[C@@H](C)C[C@H](C)CC(CO)CO. The summed E-state index contributed by atoms with van der Waals surface area (Å²) < 4.78 is 0. The summed E-state index contributed by atoms with van der Waals surface area (Å²) in [6, 6.07) is 0. The molecule has 0 saturated heterocycles. The van der Waals surface area contributed by atoms with Gasteiger partial charge in [0.2, 0.25) is 0 Å². The summed E-state index contributed by atoms with van der Waals surface area (Å²) >= 11 is 0. The molecule has 0 spiro atoms. The maximum Gasteiger partial charge on any atom is 0.0481 e. The van der Waals surface area contributed by atoms with E-state index in [1.165, 1.54) is 19.3 Å². The summed E-state index contributed by atoms with van der Waals surface area (Å²) in [7, 11) is 0. The Labute approximate surface area is 88.3 Å². The zero-order chi connectivity index (χ0) is 11.0. The lowest BCUT2D eigenvalue weighted by molar-refractivity contribution is 0.127. The fourth-order valence-electron chi connectivity index (χ4n) is 2.17. The van der Waals surface area contributed by atoms with E-state index in [4.69, 9.17) is 10.2 Å². The first-order valence-electron chi connectivity index (χ1n) is 5.85. The van der Waals surface area contributed by atoms with E-state index < -0.39 is 0 Å². The van der Waals surface area contributed by atoms with Crippen molar-refractivity contribution in [2.24, 2.45) is 17.8 Å². The Balaban J connectivity index is 3.67. The zero-order valence-electron chi connectivity index (χ0n) is 9.87. The van der Waals surface area contributed by atoms with Gasteiger partial charge in [0.1, 0.15) is 0 Å². The molecule has 0 aromatic heterocycles. The van der Waals surface area contributed by atoms with Crippen LogP contribution in [0.2, 0.25) is 0 Å². The second-order valence-corrected chi connectivity index (χ2v) is 4.70. The lowest BCUT2D eigenvalue weighted by Gasteiger charge is -2.20. The van der Waals surface area contributed by atoms with Crippen LogP contribution in [0.1, 0.15) is 46.5 Å². The predicted molar refractivity (Wildman–Crippen MR) is 60.1 cm³/mol. The molecule has 0 aliphatic heterocycles. The topological polar surface area (TPSA) is 40.5 Å². The van der Waals surface area contributed by atoms with Gasteiger partial charge >= 0.3 is 0 Å². The molecule has 0 aliphatic carbocycles. The molecule has 86 valence electrons. The van der Waals surface area contributed by atoms with Crippen LogP contribution in [0.3, 0.4) is 0 Å². The van der Waals surface area contributed by atoms with Gasteiger partial charge in [0.05, 0.1) is 0 Å². The third-order valence-electron chi connectivity index (χ3n) is 2.84. The van der Waals surface area contributed by atoms with Gasteiger partial charge in [0.25, 0.3) is 0 Å². The van der Waals surface area contributed by atoms with Crippen LogP contribution in [0.4, 0.5) is 0 Å². The van der Waals surface area contributed by atoms with Crippen LogP contribution in [0.25, 0.3) is 0 Å². The molecule has 2 atom stereocenters. The minimum absolute atomic E-state index is 0.0822. The number of aliphatic hydroxyl groups excluding tert-OH is 2. The van der Waals surface area contributed by atoms with Crippen LogP contribution < -0.4 is 0 Å². The molecule has 0 amide bonds. The second-order valence-electron chi connectivity index (χ2n) is 4.70. The van der Waals surface area contributed by atoms with E-state index in [1.807, 2.05) is 0 Å². The van der Waals surface area contributed by atoms with E-state index in [1.54, 1.807) is 0 Å². The molecule has 2 heteroatoms. The van der Waals surface area contributed by atoms with E-state index in [-0.39, 0.29) is 19.1 Å². The summed E-state index contributed by atoms with van der Waals surface area (Å²) in [6.45, 7) is 6.94. The van der Waals surface area contributed by atoms with Crippen molar-refractivity contribution in [2.45, 2.75) is 46.5 Å². The Kier molecular flexibility index (Phi) is 8.20. The highest BCUT2D eigenvalue weighted by Crippen LogP contribution is 2.22. The number of hydrogen-bond acceptors (Lipinski definition) is 2. The number of rotatable bonds is 8. The van der Waals surface area contributed by atoms with Crippen LogP contribution in [-0.2, 0) is 0 Å². The first-order valence-corrected chi connectivity index (χ1v) is 5.85. The Bertz CT molecular complexity index is 121. The van der Waals surface area contributed by atoms with Crippen molar-refractivity contribution < 1.29 is 10.2 Å². The lowest BCUT2D eigenvalue weighted by Crippen LogP contribution is -2.16. The molecule has 2 N–H and O–H groups in total. The summed E-state index contributed by atoms with van der Waals surface area (Å²) in [5, 5.41) is 17.9. The van der Waals surface area contributed by atoms with Crippen molar-refractivity contribution in [2.75, 3.05) is 13.2 Å². The smallest absolute Gasteiger partial charge is 0.0481 e. The Hall–Kier alpha value is -0.0800. The van der Waals surface area contributed by atoms with Crippen molar-refractivity contribution in [3.63, 3.8) is 0 Å². The molecule has 0 heterocycles. The molecule has 0 aromatic carbocycles. The van der Waals surface area contributed by atoms with Crippen molar-refractivity contribution in [1.29, 1.82) is 0 Å². The standard InChI is InChI=1S/C12H26O2/c1-4-5-10(2)6-11(3)7-12(8-13)9-14/h10-14H,4-9H2,1-3H3/t10-,11+/m1/s1. The highest BCUT2D eigenvalue weighted by molar-refractivity contribution is 4.64. The molecule has 0 aliphatic rings. The average Bonchev–Trinajstić information content (AvgIpc) is 2.14. The molecule has 0 aromatic rings. The molecule has 0 bridgehead atoms. The van der Waals surface area contributed by atoms with Gasteiger partial charge in [-0.1, -0.05) is 33.6 Å². The molecule has 0 rings (SSSR count). The predicted octanol–water partition coefficient (Wildman–Crippen LogP) is 2.44. The van der Waals surface area contributed by atoms with E-state index in [9.17, 15) is 0 Å². The summed E-state index contributed by atoms with van der Waals surface area (Å²) in [4.78, 5) is 0. The molecule has 0 radical (unpaired) electrons. The summed E-state index contributed by atoms with van der Waals surface area (Å²) in [6.07, 6.45) is 4.69. The monoisotopic (exact) mass is 202 g/mol. The van der Waals surface area contributed by atoms with Crippen molar-refractivity contribution in [3.05, 3.63) is 0 Å². The first-order chi connectivity index (χ1) is 6.63. The van der Waals surface area contributed by atoms with Crippen LogP contribution in [0.5, 0.6) is 0 Å². The van der Waals surface area contributed by atoms with Gasteiger partial charge < -0.3 is 10.2 Å². The van der Waals surface area contributed by atoms with Gasteiger partial charge in [-0.05, 0) is 24.7 Å². The van der Waals surface area contributed by atoms with Crippen LogP contribution >= 0.6 is 0 Å². The molecule has 14 heavy (non-hydrogen) atoms. The molecular weight excluding hydrogens is 176 g/mol. The minimum Gasteiger partial charge on any atom is -0.396 e. The van der Waals surface area contributed by atoms with Crippen LogP contribution in [-0.4, -0.2) is 23.4 Å². The Morgan fingerprint density at radius 1 is 0.929 bits per heavy atom. The molecule has 2 nitrogen and oxygen atoms in total. The van der Waals surface area contributed by atoms with E-state index >= 15 is 0 Å². The summed E-state index contributed by atoms with van der Waals surface area (Å²) in [5.74, 6) is 1.47. The fraction of sp³-hybridized carbons (Fsp3) is 1.00. The Morgan fingerprint density at radius 3 is 1.93 bits per heavy atom. The van der Waals surface area contributed by atoms with Gasteiger partial charge in [-0.15, -0.1) is 0 Å². The average molecular weight is 202 g/mol. The van der Waals surface area contributed by atoms with E-state index in [2.05, 4.69) is 20.8 Å². The lowest BCUT2D eigenvalue weighted by atomic mass is 9.88. The quantitative estimate of drug-likeness (QED) is 0.634. The molecule has 0 unspecified atom stereocenters. The first kappa shape index (κ1) is 13.9. The molecular formula is C12H26O2. The van der Waals surface area contributed by atoms with Crippen molar-refractivity contribution in [1.82, 2.24) is 0 Å². The highest BCUT2D eigenvalue weighted by atomic mass is 16.3. The third kappa shape index (κ3) is 6.39. The van der Waals surface area contributed by atoms with Gasteiger partial charge in [0, 0.05) is 19.1 Å². The van der Waals surface area contributed by atoms with Crippen molar-refractivity contribution >= 4 is 0 Å². The van der Waals surface area contributed by atoms with Crippen LogP contribution in [0.15, 0.2) is 0 Å². The van der Waals surface area contributed by atoms with Gasteiger partial charge in [-0.2, -0.15) is 0 Å². The van der Waals surface area contributed by atoms with Gasteiger partial charge in [-0.3, -0.25) is 0 Å². The largest absolute Gasteiger partial charge is 0.396 e. The number of aliphatic hydroxyl groups is 2. The van der Waals surface area contributed by atoms with Gasteiger partial charge in [0.15, 0.2) is 0 Å². The third-order valence-corrected chi connectivity index (χ3v) is 2.84. The zero-order valence-corrected chi connectivity index (χ0v) is 9.87. The normalized spacial score (nSPS) is 15.9. The van der Waals surface area contributed by atoms with Gasteiger partial charge in [-0.25, -0.2) is 0 Å². The molecule has 0 fully saturated rings. The fourth-order valence-corrected chi connectivity index (χ4v) is 2.17. The maximum atomic E-state index is 8.95. The molecule has 0 saturated carbocycles. The Morgan fingerprint density at radius 2 is 1.50 bits per heavy atom. The van der Waals surface area contributed by atoms with E-state index in [0.717, 1.165) is 12.3 Å². The van der Waals surface area contributed by atoms with Crippen LogP contribution in [0, 0.1) is 17.8 Å². The minimum atomic E-state index is 0.0822. The second kappa shape index (κ2) is 8.25.